The van der Waals surface area contributed by atoms with E-state index in [9.17, 15) is 9.59 Å². The second-order valence-electron chi connectivity index (χ2n) is 6.59. The zero-order valence-corrected chi connectivity index (χ0v) is 15.6. The summed E-state index contributed by atoms with van der Waals surface area (Å²) in [4.78, 5) is 25.3. The molecule has 28 heavy (non-hydrogen) atoms. The lowest BCUT2D eigenvalue weighted by Crippen LogP contribution is -2.31. The molecule has 0 fully saturated rings. The van der Waals surface area contributed by atoms with Crippen LogP contribution in [0.5, 0.6) is 5.75 Å². The van der Waals surface area contributed by atoms with Gasteiger partial charge in [-0.25, -0.2) is 5.10 Å². The topological polar surface area (TPSA) is 89.0 Å². The number of benzene rings is 2. The lowest BCUT2D eigenvalue weighted by Gasteiger charge is -2.16. The van der Waals surface area contributed by atoms with Gasteiger partial charge in [0.15, 0.2) is 0 Å². The molecular weight excluding hydrogens is 356 g/mol. The van der Waals surface area contributed by atoms with Gasteiger partial charge in [0.2, 0.25) is 5.91 Å². The summed E-state index contributed by atoms with van der Waals surface area (Å²) in [6.45, 7) is 2.18. The van der Waals surface area contributed by atoms with Crippen LogP contribution >= 0.6 is 0 Å². The first-order chi connectivity index (χ1) is 13.6. The van der Waals surface area contributed by atoms with E-state index in [1.165, 1.54) is 0 Å². The molecule has 0 spiro atoms. The Morgan fingerprint density at radius 1 is 1.18 bits per heavy atom. The molecule has 0 aliphatic rings. The second kappa shape index (κ2) is 7.19. The van der Waals surface area contributed by atoms with Crippen LogP contribution in [0.25, 0.3) is 21.8 Å². The number of carbonyl (C=O) groups excluding carboxylic acids is 1. The van der Waals surface area contributed by atoms with Crippen LogP contribution < -0.4 is 15.6 Å². The number of rotatable bonds is 5. The highest BCUT2D eigenvalue weighted by Crippen LogP contribution is 2.29. The minimum atomic E-state index is -0.566. The van der Waals surface area contributed by atoms with Crippen LogP contribution in [0, 0.1) is 0 Å². The fourth-order valence-electron chi connectivity index (χ4n) is 3.46. The largest absolute Gasteiger partial charge is 0.497 e. The molecule has 2 N–H and O–H groups in total. The van der Waals surface area contributed by atoms with E-state index in [1.807, 2.05) is 48.5 Å². The Morgan fingerprint density at radius 3 is 2.68 bits per heavy atom. The number of fused-ring (bicyclic) bond motifs is 3. The van der Waals surface area contributed by atoms with E-state index < -0.39 is 6.04 Å². The number of ether oxygens (including phenoxy) is 1. The van der Waals surface area contributed by atoms with Crippen molar-refractivity contribution >= 4 is 27.7 Å². The van der Waals surface area contributed by atoms with Crippen LogP contribution in [0.2, 0.25) is 0 Å². The molecular formula is C21H20N4O3. The number of H-pyrrole nitrogens is 1. The Bertz CT molecular complexity index is 1210. The standard InChI is InChI=1S/C21H20N4O3/c1-13(20(26)22-11-14-7-9-15(28-2)10-8-14)25-18-6-4-3-5-16(18)17-12-23-24-21(27)19(17)25/h3-10,12-13H,11H2,1-2H3,(H,22,26)(H,24,27)/t13-/m0/s1. The molecule has 0 saturated carbocycles. The minimum absolute atomic E-state index is 0.172. The molecule has 4 rings (SSSR count). The van der Waals surface area contributed by atoms with Crippen molar-refractivity contribution in [2.45, 2.75) is 19.5 Å². The molecule has 0 radical (unpaired) electrons. The van der Waals surface area contributed by atoms with Crippen LogP contribution in [0.15, 0.2) is 59.5 Å². The normalized spacial score (nSPS) is 12.2. The molecule has 7 heteroatoms. The molecule has 1 atom stereocenters. The number of amides is 1. The van der Waals surface area contributed by atoms with Crippen molar-refractivity contribution in [2.75, 3.05) is 7.11 Å². The summed E-state index contributed by atoms with van der Waals surface area (Å²) in [5.41, 5.74) is 1.92. The smallest absolute Gasteiger partial charge is 0.288 e. The van der Waals surface area contributed by atoms with E-state index in [1.54, 1.807) is 24.8 Å². The van der Waals surface area contributed by atoms with Crippen LogP contribution in [-0.4, -0.2) is 27.8 Å². The van der Waals surface area contributed by atoms with Gasteiger partial charge in [0.05, 0.1) is 18.8 Å². The first-order valence-corrected chi connectivity index (χ1v) is 8.97. The molecule has 0 unspecified atom stereocenters. The third kappa shape index (κ3) is 3.00. The van der Waals surface area contributed by atoms with Crippen LogP contribution in [-0.2, 0) is 11.3 Å². The summed E-state index contributed by atoms with van der Waals surface area (Å²) in [6, 6.07) is 14.6. The lowest BCUT2D eigenvalue weighted by molar-refractivity contribution is -0.123. The Morgan fingerprint density at radius 2 is 1.93 bits per heavy atom. The Kier molecular flexibility index (Phi) is 4.57. The van der Waals surface area contributed by atoms with Crippen LogP contribution in [0.3, 0.4) is 0 Å². The van der Waals surface area contributed by atoms with Gasteiger partial charge in [-0.15, -0.1) is 0 Å². The monoisotopic (exact) mass is 376 g/mol. The second-order valence-corrected chi connectivity index (χ2v) is 6.59. The molecule has 2 aromatic heterocycles. The molecule has 7 nitrogen and oxygen atoms in total. The van der Waals surface area contributed by atoms with Gasteiger partial charge < -0.3 is 14.6 Å². The maximum atomic E-state index is 12.9. The SMILES string of the molecule is COc1ccc(CNC(=O)[C@H](C)n2c3ccccc3c3cn[nH]c(=O)c32)cc1. The van der Waals surface area contributed by atoms with E-state index in [0.717, 1.165) is 27.6 Å². The number of aromatic amines is 1. The summed E-state index contributed by atoms with van der Waals surface area (Å²) in [5, 5.41) is 10.9. The van der Waals surface area contributed by atoms with Gasteiger partial charge in [-0.2, -0.15) is 5.10 Å². The van der Waals surface area contributed by atoms with Gasteiger partial charge in [0.25, 0.3) is 5.56 Å². The average Bonchev–Trinajstić information content (AvgIpc) is 3.07. The highest BCUT2D eigenvalue weighted by atomic mass is 16.5. The van der Waals surface area contributed by atoms with Gasteiger partial charge in [-0.05, 0) is 30.7 Å². The predicted molar refractivity (Wildman–Crippen MR) is 107 cm³/mol. The van der Waals surface area contributed by atoms with Crippen molar-refractivity contribution < 1.29 is 9.53 Å². The van der Waals surface area contributed by atoms with E-state index >= 15 is 0 Å². The summed E-state index contributed by atoms with van der Waals surface area (Å²) < 4.78 is 6.92. The molecule has 142 valence electrons. The average molecular weight is 376 g/mol. The third-order valence-corrected chi connectivity index (χ3v) is 4.92. The zero-order chi connectivity index (χ0) is 19.7. The Balaban J connectivity index is 1.66. The van der Waals surface area contributed by atoms with Gasteiger partial charge in [-0.3, -0.25) is 9.59 Å². The molecule has 2 heterocycles. The van der Waals surface area contributed by atoms with Crippen molar-refractivity contribution in [1.82, 2.24) is 20.1 Å². The number of methoxy groups -OCH3 is 1. The van der Waals surface area contributed by atoms with Crippen molar-refractivity contribution in [3.8, 4) is 5.75 Å². The molecule has 2 aromatic carbocycles. The third-order valence-electron chi connectivity index (χ3n) is 4.92. The molecule has 0 aliphatic heterocycles. The quantitative estimate of drug-likeness (QED) is 0.561. The molecule has 0 saturated heterocycles. The fourth-order valence-corrected chi connectivity index (χ4v) is 3.46. The maximum absolute atomic E-state index is 12.9. The maximum Gasteiger partial charge on any atom is 0.288 e. The van der Waals surface area contributed by atoms with E-state index in [2.05, 4.69) is 15.5 Å². The Labute approximate surface area is 160 Å². The van der Waals surface area contributed by atoms with Gasteiger partial charge in [0.1, 0.15) is 17.3 Å². The van der Waals surface area contributed by atoms with E-state index in [4.69, 9.17) is 4.74 Å². The van der Waals surface area contributed by atoms with Crippen LogP contribution in [0.1, 0.15) is 18.5 Å². The van der Waals surface area contributed by atoms with Crippen LogP contribution in [0.4, 0.5) is 0 Å². The predicted octanol–water partition coefficient (Wildman–Crippen LogP) is 2.76. The summed E-state index contributed by atoms with van der Waals surface area (Å²) in [6.07, 6.45) is 1.62. The van der Waals surface area contributed by atoms with E-state index in [-0.39, 0.29) is 11.5 Å². The first-order valence-electron chi connectivity index (χ1n) is 8.97. The number of hydrogen-bond donors (Lipinski definition) is 2. The van der Waals surface area contributed by atoms with Gasteiger partial charge >= 0.3 is 0 Å². The minimum Gasteiger partial charge on any atom is -0.497 e. The Hall–Kier alpha value is -3.61. The van der Waals surface area contributed by atoms with E-state index in [0.29, 0.717) is 12.1 Å². The molecule has 1 amide bonds. The van der Waals surface area contributed by atoms with Gasteiger partial charge in [0, 0.05) is 17.3 Å². The van der Waals surface area contributed by atoms with Gasteiger partial charge in [-0.1, -0.05) is 30.3 Å². The van der Waals surface area contributed by atoms with Crippen molar-refractivity contribution in [3.63, 3.8) is 0 Å². The zero-order valence-electron chi connectivity index (χ0n) is 15.6. The van der Waals surface area contributed by atoms with Crippen molar-refractivity contribution in [2.24, 2.45) is 0 Å². The number of nitrogens with zero attached hydrogens (tertiary/aromatic N) is 2. The lowest BCUT2D eigenvalue weighted by atomic mass is 10.2. The number of aromatic nitrogens is 3. The summed E-state index contributed by atoms with van der Waals surface area (Å²) >= 11 is 0. The molecule has 0 aliphatic carbocycles. The number of nitrogens with one attached hydrogen (secondary N) is 2. The molecule has 0 bridgehead atoms. The van der Waals surface area contributed by atoms with Crippen molar-refractivity contribution in [1.29, 1.82) is 0 Å². The summed E-state index contributed by atoms with van der Waals surface area (Å²) in [7, 11) is 1.61. The number of hydrogen-bond acceptors (Lipinski definition) is 4. The summed E-state index contributed by atoms with van der Waals surface area (Å²) in [5.74, 6) is 0.594. The fraction of sp³-hybridized carbons (Fsp3) is 0.190. The highest BCUT2D eigenvalue weighted by Gasteiger charge is 2.22. The first kappa shape index (κ1) is 17.8. The molecule has 4 aromatic rings. The van der Waals surface area contributed by atoms with Crippen molar-refractivity contribution in [3.05, 3.63) is 70.6 Å². The highest BCUT2D eigenvalue weighted by molar-refractivity contribution is 6.08. The number of para-hydroxylation sites is 1. The number of carbonyl (C=O) groups is 1.